The standard InChI is InChI=1S/C5H11BFOS/c1-4-9-6-8-5(2,3)7/h4H2,1-3H3. The topological polar surface area (TPSA) is 9.23 Å². The molecule has 0 aromatic heterocycles. The fraction of sp³-hybridized carbons (Fsp3) is 1.00. The number of hydrogen-bond acceptors (Lipinski definition) is 2. The first-order chi connectivity index (χ1) is 4.06. The second-order valence-corrected chi connectivity index (χ2v) is 3.14. The quantitative estimate of drug-likeness (QED) is 0.446. The molecule has 0 aliphatic carbocycles. The number of rotatable bonds is 4. The minimum atomic E-state index is -1.53. The maximum atomic E-state index is 12.4. The van der Waals surface area contributed by atoms with E-state index >= 15 is 0 Å². The molecule has 0 rings (SSSR count). The van der Waals surface area contributed by atoms with E-state index in [1.807, 2.05) is 6.92 Å². The van der Waals surface area contributed by atoms with Gasteiger partial charge in [-0.05, 0) is 19.6 Å². The van der Waals surface area contributed by atoms with Gasteiger partial charge in [-0.25, -0.2) is 4.39 Å². The van der Waals surface area contributed by atoms with Gasteiger partial charge in [0.25, 0.3) is 0 Å². The van der Waals surface area contributed by atoms with Crippen LogP contribution in [0.4, 0.5) is 4.39 Å². The zero-order valence-corrected chi connectivity index (χ0v) is 6.80. The Morgan fingerprint density at radius 1 is 1.67 bits per heavy atom. The van der Waals surface area contributed by atoms with Gasteiger partial charge < -0.3 is 4.65 Å². The molecule has 0 spiro atoms. The van der Waals surface area contributed by atoms with Crippen molar-refractivity contribution < 1.29 is 9.04 Å². The third kappa shape index (κ3) is 8.30. The molecule has 0 heterocycles. The van der Waals surface area contributed by atoms with Crippen molar-refractivity contribution in [1.29, 1.82) is 0 Å². The van der Waals surface area contributed by atoms with Crippen LogP contribution in [-0.4, -0.2) is 18.4 Å². The summed E-state index contributed by atoms with van der Waals surface area (Å²) in [5.74, 6) is -0.613. The maximum Gasteiger partial charge on any atom is 0.374 e. The van der Waals surface area contributed by atoms with E-state index in [0.717, 1.165) is 5.75 Å². The third-order valence-corrected chi connectivity index (χ3v) is 1.13. The van der Waals surface area contributed by atoms with Crippen LogP contribution in [0.3, 0.4) is 0 Å². The molecule has 0 atom stereocenters. The van der Waals surface area contributed by atoms with E-state index in [1.54, 1.807) is 0 Å². The SMILES string of the molecule is CCS[B]OC(C)(C)F. The first-order valence-electron chi connectivity index (χ1n) is 2.86. The van der Waals surface area contributed by atoms with Gasteiger partial charge in [0, 0.05) is 0 Å². The summed E-state index contributed by atoms with van der Waals surface area (Å²) in [5.41, 5.74) is 0. The fourth-order valence-corrected chi connectivity index (χ4v) is 0.649. The van der Waals surface area contributed by atoms with Gasteiger partial charge in [0.05, 0.1) is 0 Å². The predicted molar refractivity (Wildman–Crippen MR) is 40.2 cm³/mol. The minimum absolute atomic E-state index is 0.913. The van der Waals surface area contributed by atoms with Gasteiger partial charge in [-0.15, -0.1) is 0 Å². The van der Waals surface area contributed by atoms with E-state index in [1.165, 1.54) is 32.2 Å². The van der Waals surface area contributed by atoms with Gasteiger partial charge in [0.2, 0.25) is 0 Å². The van der Waals surface area contributed by atoms with E-state index < -0.39 is 5.85 Å². The Labute approximate surface area is 60.5 Å². The van der Waals surface area contributed by atoms with E-state index in [0.29, 0.717) is 0 Å². The fourth-order valence-electron chi connectivity index (χ4n) is 0.216. The van der Waals surface area contributed by atoms with Crippen molar-refractivity contribution in [1.82, 2.24) is 0 Å². The molecule has 0 bridgehead atoms. The first kappa shape index (κ1) is 9.30. The molecule has 0 unspecified atom stereocenters. The van der Waals surface area contributed by atoms with Crippen LogP contribution in [0.15, 0.2) is 0 Å². The molecule has 0 aromatic rings. The van der Waals surface area contributed by atoms with Crippen LogP contribution in [0.25, 0.3) is 0 Å². The Morgan fingerprint density at radius 3 is 2.56 bits per heavy atom. The van der Waals surface area contributed by atoms with Gasteiger partial charge in [0.15, 0.2) is 5.85 Å². The molecule has 4 heteroatoms. The minimum Gasteiger partial charge on any atom is -0.398 e. The number of halogens is 1. The van der Waals surface area contributed by atoms with E-state index in [2.05, 4.69) is 4.65 Å². The van der Waals surface area contributed by atoms with Crippen molar-refractivity contribution in [3.05, 3.63) is 0 Å². The summed E-state index contributed by atoms with van der Waals surface area (Å²) in [6, 6.07) is 0. The Balaban J connectivity index is 3.07. The van der Waals surface area contributed by atoms with Gasteiger partial charge >= 0.3 is 6.76 Å². The third-order valence-electron chi connectivity index (χ3n) is 0.563. The van der Waals surface area contributed by atoms with Gasteiger partial charge in [-0.2, -0.15) is 11.6 Å². The van der Waals surface area contributed by atoms with E-state index in [4.69, 9.17) is 0 Å². The molecular weight excluding hydrogens is 138 g/mol. The van der Waals surface area contributed by atoms with Crippen molar-refractivity contribution in [3.8, 4) is 0 Å². The zero-order valence-electron chi connectivity index (χ0n) is 5.98. The molecule has 0 aromatic carbocycles. The monoisotopic (exact) mass is 149 g/mol. The molecule has 0 aliphatic rings. The lowest BCUT2D eigenvalue weighted by atomic mass is 10.4. The van der Waals surface area contributed by atoms with Crippen molar-refractivity contribution in [2.24, 2.45) is 0 Å². The van der Waals surface area contributed by atoms with Gasteiger partial charge in [-0.1, -0.05) is 6.92 Å². The van der Waals surface area contributed by atoms with Crippen LogP contribution < -0.4 is 0 Å². The average Bonchev–Trinajstić information content (AvgIpc) is 1.63. The zero-order chi connectivity index (χ0) is 7.33. The molecule has 0 fully saturated rings. The molecular formula is C5H11BFOS. The van der Waals surface area contributed by atoms with Crippen LogP contribution in [0.2, 0.25) is 0 Å². The normalized spacial score (nSPS) is 11.6. The lowest BCUT2D eigenvalue weighted by molar-refractivity contribution is -0.0204. The molecule has 0 saturated heterocycles. The molecule has 9 heavy (non-hydrogen) atoms. The van der Waals surface area contributed by atoms with Crippen molar-refractivity contribution in [2.45, 2.75) is 26.6 Å². The summed E-state index contributed by atoms with van der Waals surface area (Å²) >= 11 is 1.45. The first-order valence-corrected chi connectivity index (χ1v) is 3.91. The van der Waals surface area contributed by atoms with Crippen molar-refractivity contribution >= 4 is 18.4 Å². The highest BCUT2D eigenvalue weighted by Crippen LogP contribution is 2.11. The Morgan fingerprint density at radius 2 is 2.22 bits per heavy atom. The highest BCUT2D eigenvalue weighted by molar-refractivity contribution is 8.21. The summed E-state index contributed by atoms with van der Waals surface area (Å²) in [4.78, 5) is 0. The predicted octanol–water partition coefficient (Wildman–Crippen LogP) is 2.00. The second-order valence-electron chi connectivity index (χ2n) is 2.03. The summed E-state index contributed by atoms with van der Waals surface area (Å²) in [6.07, 6.45) is 0. The van der Waals surface area contributed by atoms with Crippen LogP contribution >= 0.6 is 11.6 Å². The van der Waals surface area contributed by atoms with Crippen LogP contribution in [0.5, 0.6) is 0 Å². The van der Waals surface area contributed by atoms with Gasteiger partial charge in [0.1, 0.15) is 0 Å². The van der Waals surface area contributed by atoms with Crippen molar-refractivity contribution in [3.63, 3.8) is 0 Å². The van der Waals surface area contributed by atoms with Crippen LogP contribution in [-0.2, 0) is 4.65 Å². The highest BCUT2D eigenvalue weighted by atomic mass is 32.2. The molecule has 0 amide bonds. The molecule has 0 aliphatic heterocycles. The summed E-state index contributed by atoms with van der Waals surface area (Å²) < 4.78 is 17.1. The number of alkyl halides is 1. The van der Waals surface area contributed by atoms with Crippen LogP contribution in [0.1, 0.15) is 20.8 Å². The number of hydrogen-bond donors (Lipinski definition) is 0. The Kier molecular flexibility index (Phi) is 4.31. The summed E-state index contributed by atoms with van der Waals surface area (Å²) in [6.45, 7) is 6.16. The molecule has 0 N–H and O–H groups in total. The van der Waals surface area contributed by atoms with E-state index in [9.17, 15) is 4.39 Å². The molecule has 53 valence electrons. The molecule has 0 saturated carbocycles. The smallest absolute Gasteiger partial charge is 0.374 e. The molecule has 1 radical (unpaired) electrons. The van der Waals surface area contributed by atoms with E-state index in [-0.39, 0.29) is 0 Å². The average molecular weight is 149 g/mol. The summed E-state index contributed by atoms with van der Waals surface area (Å²) in [7, 11) is 0. The Bertz CT molecular complexity index is 73.8. The summed E-state index contributed by atoms with van der Waals surface area (Å²) in [5, 5.41) is 0. The van der Waals surface area contributed by atoms with Crippen molar-refractivity contribution in [2.75, 3.05) is 5.75 Å². The maximum absolute atomic E-state index is 12.4. The largest absolute Gasteiger partial charge is 0.398 e. The lowest BCUT2D eigenvalue weighted by Gasteiger charge is -2.13. The van der Waals surface area contributed by atoms with Crippen LogP contribution in [0, 0.1) is 0 Å². The lowest BCUT2D eigenvalue weighted by Crippen LogP contribution is -2.18. The molecule has 1 nitrogen and oxygen atoms in total. The highest BCUT2D eigenvalue weighted by Gasteiger charge is 2.14. The second kappa shape index (κ2) is 4.17. The Hall–Kier alpha value is 0.305. The van der Waals surface area contributed by atoms with Gasteiger partial charge in [-0.3, -0.25) is 0 Å².